The number of aliphatic hydroxyl groups excluding tert-OH is 1. The molecule has 0 saturated carbocycles. The molecule has 0 radical (unpaired) electrons. The molecule has 0 bridgehead atoms. The number of rotatable bonds is 5. The van der Waals surface area contributed by atoms with Gasteiger partial charge in [0.05, 0.1) is 18.5 Å². The fraction of sp³-hybridized carbons (Fsp3) is 0.308. The van der Waals surface area contributed by atoms with Gasteiger partial charge < -0.3 is 9.67 Å². The van der Waals surface area contributed by atoms with E-state index in [1.165, 1.54) is 23.9 Å². The zero-order valence-corrected chi connectivity index (χ0v) is 12.7. The van der Waals surface area contributed by atoms with Crippen molar-refractivity contribution in [1.29, 1.82) is 0 Å². The number of aromatic nitrogens is 2. The third-order valence-corrected chi connectivity index (χ3v) is 4.54. The average Bonchev–Trinajstić information content (AvgIpc) is 2.75. The molecule has 3 nitrogen and oxygen atoms in total. The third kappa shape index (κ3) is 4.69. The Kier molecular flexibility index (Phi) is 5.23. The summed E-state index contributed by atoms with van der Waals surface area (Å²) in [6.07, 6.45) is 1.58. The number of alkyl halides is 3. The Hall–Kier alpha value is -1.12. The Labute approximate surface area is 128 Å². The van der Waals surface area contributed by atoms with E-state index in [2.05, 4.69) is 4.98 Å². The van der Waals surface area contributed by atoms with Gasteiger partial charge in [-0.15, -0.1) is 0 Å². The molecule has 0 unspecified atom stereocenters. The Bertz CT molecular complexity index is 614. The van der Waals surface area contributed by atoms with E-state index in [1.807, 2.05) is 0 Å². The Morgan fingerprint density at radius 2 is 2.10 bits per heavy atom. The van der Waals surface area contributed by atoms with Crippen LogP contribution in [-0.2, 0) is 19.4 Å². The van der Waals surface area contributed by atoms with Gasteiger partial charge in [-0.25, -0.2) is 4.98 Å². The van der Waals surface area contributed by atoms with Crippen LogP contribution in [0, 0.1) is 0 Å². The highest BCUT2D eigenvalue weighted by atomic mass is 32.2. The number of thioether (sulfide) groups is 2. The Morgan fingerprint density at radius 1 is 1.33 bits per heavy atom. The molecule has 0 aliphatic heterocycles. The molecule has 114 valence electrons. The molecule has 0 saturated heterocycles. The normalized spacial score (nSPS) is 11.9. The minimum absolute atomic E-state index is 0.0955. The van der Waals surface area contributed by atoms with Crippen molar-refractivity contribution in [1.82, 2.24) is 9.55 Å². The molecule has 1 N–H and O–H groups in total. The second-order valence-corrected chi connectivity index (χ2v) is 6.31. The van der Waals surface area contributed by atoms with Gasteiger partial charge in [-0.2, -0.15) is 13.2 Å². The van der Waals surface area contributed by atoms with Crippen LogP contribution in [0.2, 0.25) is 0 Å². The fourth-order valence-electron chi connectivity index (χ4n) is 1.69. The lowest BCUT2D eigenvalue weighted by Gasteiger charge is -2.08. The fourth-order valence-corrected chi connectivity index (χ4v) is 3.22. The molecule has 1 heterocycles. The summed E-state index contributed by atoms with van der Waals surface area (Å²) in [5, 5.41) is 9.80. The topological polar surface area (TPSA) is 38.0 Å². The van der Waals surface area contributed by atoms with Crippen molar-refractivity contribution >= 4 is 23.5 Å². The van der Waals surface area contributed by atoms with Gasteiger partial charge in [0.25, 0.3) is 0 Å². The summed E-state index contributed by atoms with van der Waals surface area (Å²) in [6, 6.07) is 6.36. The van der Waals surface area contributed by atoms with Gasteiger partial charge in [0.1, 0.15) is 0 Å². The highest BCUT2D eigenvalue weighted by Crippen LogP contribution is 2.37. The van der Waals surface area contributed by atoms with E-state index >= 15 is 0 Å². The Balaban J connectivity index is 2.03. The number of aliphatic hydroxyl groups is 1. The van der Waals surface area contributed by atoms with E-state index in [0.717, 1.165) is 5.56 Å². The van der Waals surface area contributed by atoms with Crippen molar-refractivity contribution in [3.05, 3.63) is 41.7 Å². The van der Waals surface area contributed by atoms with E-state index in [1.54, 1.807) is 29.9 Å². The van der Waals surface area contributed by atoms with Crippen molar-refractivity contribution < 1.29 is 18.3 Å². The first kappa shape index (κ1) is 16.3. The maximum atomic E-state index is 12.3. The summed E-state index contributed by atoms with van der Waals surface area (Å²) >= 11 is 1.30. The van der Waals surface area contributed by atoms with E-state index in [9.17, 15) is 13.2 Å². The minimum Gasteiger partial charge on any atom is -0.390 e. The molecular formula is C13H13F3N2OS2. The smallest absolute Gasteiger partial charge is 0.390 e. The molecule has 0 aliphatic rings. The standard InChI is InChI=1S/C13H13F3N2OS2/c1-18-10(7-19)6-17-12(18)20-8-9-3-2-4-11(5-9)21-13(14,15)16/h2-6,19H,7-8H2,1H3. The Morgan fingerprint density at radius 3 is 2.71 bits per heavy atom. The van der Waals surface area contributed by atoms with Crippen molar-refractivity contribution in [3.8, 4) is 0 Å². The van der Waals surface area contributed by atoms with Crippen LogP contribution in [0.25, 0.3) is 0 Å². The molecule has 21 heavy (non-hydrogen) atoms. The lowest BCUT2D eigenvalue weighted by atomic mass is 10.2. The van der Waals surface area contributed by atoms with Crippen molar-refractivity contribution in [2.24, 2.45) is 7.05 Å². The number of imidazole rings is 1. The van der Waals surface area contributed by atoms with E-state index in [-0.39, 0.29) is 23.3 Å². The van der Waals surface area contributed by atoms with E-state index in [4.69, 9.17) is 5.11 Å². The zero-order valence-electron chi connectivity index (χ0n) is 11.1. The van der Waals surface area contributed by atoms with E-state index in [0.29, 0.717) is 16.6 Å². The monoisotopic (exact) mass is 334 g/mol. The van der Waals surface area contributed by atoms with Crippen LogP contribution in [0.1, 0.15) is 11.3 Å². The van der Waals surface area contributed by atoms with Gasteiger partial charge in [0, 0.05) is 17.7 Å². The second-order valence-electron chi connectivity index (χ2n) is 4.23. The van der Waals surface area contributed by atoms with Crippen LogP contribution < -0.4 is 0 Å². The molecule has 0 aliphatic carbocycles. The molecule has 2 aromatic rings. The van der Waals surface area contributed by atoms with Crippen molar-refractivity contribution in [3.63, 3.8) is 0 Å². The molecule has 0 fully saturated rings. The van der Waals surface area contributed by atoms with Crippen molar-refractivity contribution in [2.75, 3.05) is 0 Å². The van der Waals surface area contributed by atoms with Gasteiger partial charge in [0.2, 0.25) is 0 Å². The summed E-state index contributed by atoms with van der Waals surface area (Å²) in [6.45, 7) is -0.0955. The van der Waals surface area contributed by atoms with Crippen LogP contribution in [0.3, 0.4) is 0 Å². The minimum atomic E-state index is -4.28. The number of benzene rings is 1. The highest BCUT2D eigenvalue weighted by molar-refractivity contribution is 8.00. The molecule has 8 heteroatoms. The summed E-state index contributed by atoms with van der Waals surface area (Å²) in [5.41, 5.74) is -2.79. The first-order chi connectivity index (χ1) is 9.89. The van der Waals surface area contributed by atoms with Crippen LogP contribution in [0.5, 0.6) is 0 Å². The summed E-state index contributed by atoms with van der Waals surface area (Å²) < 4.78 is 38.8. The number of nitrogens with zero attached hydrogens (tertiary/aromatic N) is 2. The molecule has 0 atom stereocenters. The summed E-state index contributed by atoms with van der Waals surface area (Å²) in [7, 11) is 1.79. The molecule has 0 amide bonds. The predicted molar refractivity (Wildman–Crippen MR) is 77.0 cm³/mol. The molecule has 1 aromatic heterocycles. The van der Waals surface area contributed by atoms with Gasteiger partial charge in [-0.1, -0.05) is 23.9 Å². The van der Waals surface area contributed by atoms with Gasteiger partial charge in [-0.3, -0.25) is 0 Å². The summed E-state index contributed by atoms with van der Waals surface area (Å²) in [5.74, 6) is 0.516. The first-order valence-corrected chi connectivity index (χ1v) is 7.78. The highest BCUT2D eigenvalue weighted by Gasteiger charge is 2.29. The maximum Gasteiger partial charge on any atom is 0.446 e. The number of hydrogen-bond acceptors (Lipinski definition) is 4. The van der Waals surface area contributed by atoms with Gasteiger partial charge in [0.15, 0.2) is 5.16 Å². The van der Waals surface area contributed by atoms with Crippen LogP contribution >= 0.6 is 23.5 Å². The number of hydrogen-bond donors (Lipinski definition) is 1. The van der Waals surface area contributed by atoms with Gasteiger partial charge >= 0.3 is 5.51 Å². The van der Waals surface area contributed by atoms with Gasteiger partial charge in [-0.05, 0) is 29.5 Å². The quantitative estimate of drug-likeness (QED) is 0.844. The SMILES string of the molecule is Cn1c(CO)cnc1SCc1cccc(SC(F)(F)F)c1. The lowest BCUT2D eigenvalue weighted by Crippen LogP contribution is -1.99. The molecule has 0 spiro atoms. The summed E-state index contributed by atoms with van der Waals surface area (Å²) in [4.78, 5) is 4.34. The second kappa shape index (κ2) is 6.76. The van der Waals surface area contributed by atoms with E-state index < -0.39 is 5.51 Å². The largest absolute Gasteiger partial charge is 0.446 e. The predicted octanol–water partition coefficient (Wildman–Crippen LogP) is 3.82. The zero-order chi connectivity index (χ0) is 15.5. The molecular weight excluding hydrogens is 321 g/mol. The molecule has 2 rings (SSSR count). The average molecular weight is 334 g/mol. The molecule has 1 aromatic carbocycles. The van der Waals surface area contributed by atoms with Crippen molar-refractivity contribution in [2.45, 2.75) is 27.9 Å². The van der Waals surface area contributed by atoms with Crippen LogP contribution in [-0.4, -0.2) is 20.2 Å². The van der Waals surface area contributed by atoms with Crippen LogP contribution in [0.4, 0.5) is 13.2 Å². The third-order valence-electron chi connectivity index (χ3n) is 2.70. The lowest BCUT2D eigenvalue weighted by molar-refractivity contribution is -0.0328. The van der Waals surface area contributed by atoms with Crippen LogP contribution in [0.15, 0.2) is 40.5 Å². The maximum absolute atomic E-state index is 12.3. The first-order valence-electron chi connectivity index (χ1n) is 5.98. The number of halogens is 3.